The van der Waals surface area contributed by atoms with Gasteiger partial charge in [0.15, 0.2) is 5.78 Å². The lowest BCUT2D eigenvalue weighted by Gasteiger charge is -2.32. The number of nitrogens with zero attached hydrogens (tertiary/aromatic N) is 2. The molecule has 0 bridgehead atoms. The number of carbonyl (C=O) groups excluding carboxylic acids is 3. The molecule has 0 aromatic heterocycles. The molecular formula is C14H17N3O3. The van der Waals surface area contributed by atoms with Gasteiger partial charge in [0.05, 0.1) is 13.1 Å². The second-order valence-electron chi connectivity index (χ2n) is 4.71. The quantitative estimate of drug-likeness (QED) is 0.619. The molecule has 1 heterocycles. The Labute approximate surface area is 117 Å². The summed E-state index contributed by atoms with van der Waals surface area (Å²) in [5.41, 5.74) is 6.62. The van der Waals surface area contributed by atoms with Crippen LogP contribution in [-0.2, 0) is 9.59 Å². The lowest BCUT2D eigenvalue weighted by molar-refractivity contribution is -0.143. The number of piperazine rings is 1. The van der Waals surface area contributed by atoms with Crippen LogP contribution in [0.2, 0.25) is 0 Å². The van der Waals surface area contributed by atoms with Crippen LogP contribution in [0.25, 0.3) is 0 Å². The third-order valence-corrected chi connectivity index (χ3v) is 3.31. The molecule has 0 radical (unpaired) electrons. The van der Waals surface area contributed by atoms with Gasteiger partial charge in [-0.2, -0.15) is 0 Å². The Balaban J connectivity index is 2.21. The second kappa shape index (κ2) is 5.83. The normalized spacial score (nSPS) is 15.7. The summed E-state index contributed by atoms with van der Waals surface area (Å²) in [5, 5.41) is 0. The van der Waals surface area contributed by atoms with Gasteiger partial charge in [-0.25, -0.2) is 0 Å². The van der Waals surface area contributed by atoms with Gasteiger partial charge in [-0.05, 0) is 18.7 Å². The number of rotatable bonds is 4. The third-order valence-electron chi connectivity index (χ3n) is 3.31. The SMILES string of the molecule is CN1C(=O)CN(c2cccc(C(=O)CCN)c2)CC1=O. The fraction of sp³-hybridized carbons (Fsp3) is 0.357. The first-order valence-corrected chi connectivity index (χ1v) is 6.40. The summed E-state index contributed by atoms with van der Waals surface area (Å²) in [6, 6.07) is 6.93. The van der Waals surface area contributed by atoms with Crippen molar-refractivity contribution in [1.29, 1.82) is 0 Å². The molecule has 1 fully saturated rings. The Morgan fingerprint density at radius 1 is 1.25 bits per heavy atom. The van der Waals surface area contributed by atoms with E-state index in [4.69, 9.17) is 5.73 Å². The summed E-state index contributed by atoms with van der Waals surface area (Å²) in [6.45, 7) is 0.572. The van der Waals surface area contributed by atoms with E-state index in [0.717, 1.165) is 4.90 Å². The molecule has 1 aliphatic rings. The molecule has 0 spiro atoms. The maximum Gasteiger partial charge on any atom is 0.248 e. The van der Waals surface area contributed by atoms with Crippen molar-refractivity contribution in [2.45, 2.75) is 6.42 Å². The largest absolute Gasteiger partial charge is 0.353 e. The molecule has 2 amide bonds. The fourth-order valence-electron chi connectivity index (χ4n) is 2.07. The van der Waals surface area contributed by atoms with Gasteiger partial charge in [0.2, 0.25) is 11.8 Å². The van der Waals surface area contributed by atoms with E-state index in [1.807, 2.05) is 0 Å². The molecule has 0 saturated carbocycles. The highest BCUT2D eigenvalue weighted by Crippen LogP contribution is 2.19. The van der Waals surface area contributed by atoms with Crippen molar-refractivity contribution in [3.05, 3.63) is 29.8 Å². The molecule has 1 saturated heterocycles. The highest BCUT2D eigenvalue weighted by molar-refractivity contribution is 6.03. The minimum Gasteiger partial charge on any atom is -0.353 e. The van der Waals surface area contributed by atoms with Crippen LogP contribution in [0.4, 0.5) is 5.69 Å². The van der Waals surface area contributed by atoms with Gasteiger partial charge in [-0.15, -0.1) is 0 Å². The fourth-order valence-corrected chi connectivity index (χ4v) is 2.07. The van der Waals surface area contributed by atoms with Gasteiger partial charge in [-0.1, -0.05) is 12.1 Å². The maximum absolute atomic E-state index is 11.8. The van der Waals surface area contributed by atoms with Gasteiger partial charge in [0.25, 0.3) is 0 Å². The van der Waals surface area contributed by atoms with E-state index in [-0.39, 0.29) is 37.1 Å². The van der Waals surface area contributed by atoms with E-state index >= 15 is 0 Å². The number of imide groups is 1. The molecule has 1 aromatic rings. The molecule has 2 N–H and O–H groups in total. The van der Waals surface area contributed by atoms with Crippen molar-refractivity contribution in [2.75, 3.05) is 31.6 Å². The van der Waals surface area contributed by atoms with Crippen LogP contribution in [0, 0.1) is 0 Å². The average Bonchev–Trinajstić information content (AvgIpc) is 2.44. The summed E-state index contributed by atoms with van der Waals surface area (Å²) in [4.78, 5) is 38.0. The van der Waals surface area contributed by atoms with Crippen LogP contribution in [0.15, 0.2) is 24.3 Å². The molecule has 2 rings (SSSR count). The van der Waals surface area contributed by atoms with Crippen LogP contribution in [0.1, 0.15) is 16.8 Å². The maximum atomic E-state index is 11.8. The van der Waals surface area contributed by atoms with Gasteiger partial charge in [0, 0.05) is 24.7 Å². The van der Waals surface area contributed by atoms with Crippen molar-refractivity contribution >= 4 is 23.3 Å². The predicted octanol–water partition coefficient (Wildman–Crippen LogP) is 0.0231. The Morgan fingerprint density at radius 2 is 1.90 bits per heavy atom. The molecular weight excluding hydrogens is 258 g/mol. The van der Waals surface area contributed by atoms with E-state index in [0.29, 0.717) is 17.8 Å². The van der Waals surface area contributed by atoms with Crippen molar-refractivity contribution in [3.8, 4) is 0 Å². The first-order valence-electron chi connectivity index (χ1n) is 6.40. The van der Waals surface area contributed by atoms with E-state index < -0.39 is 0 Å². The van der Waals surface area contributed by atoms with Crippen LogP contribution < -0.4 is 10.6 Å². The number of benzene rings is 1. The number of ketones is 1. The monoisotopic (exact) mass is 275 g/mol. The molecule has 6 nitrogen and oxygen atoms in total. The smallest absolute Gasteiger partial charge is 0.248 e. The van der Waals surface area contributed by atoms with E-state index in [1.54, 1.807) is 29.2 Å². The van der Waals surface area contributed by atoms with Gasteiger partial charge >= 0.3 is 0 Å². The molecule has 1 aliphatic heterocycles. The zero-order chi connectivity index (χ0) is 14.7. The minimum absolute atomic E-state index is 0.0406. The van der Waals surface area contributed by atoms with Crippen LogP contribution >= 0.6 is 0 Å². The molecule has 0 unspecified atom stereocenters. The van der Waals surface area contributed by atoms with Crippen molar-refractivity contribution in [3.63, 3.8) is 0 Å². The number of carbonyl (C=O) groups is 3. The molecule has 1 aromatic carbocycles. The van der Waals surface area contributed by atoms with Crippen LogP contribution in [0.3, 0.4) is 0 Å². The number of hydrogen-bond donors (Lipinski definition) is 1. The topological polar surface area (TPSA) is 83.7 Å². The lowest BCUT2D eigenvalue weighted by atomic mass is 10.1. The summed E-state index contributed by atoms with van der Waals surface area (Å²) >= 11 is 0. The predicted molar refractivity (Wildman–Crippen MR) is 74.4 cm³/mol. The number of anilines is 1. The van der Waals surface area contributed by atoms with Crippen LogP contribution in [0.5, 0.6) is 0 Å². The average molecular weight is 275 g/mol. The summed E-state index contributed by atoms with van der Waals surface area (Å²) < 4.78 is 0. The molecule has 6 heteroatoms. The van der Waals surface area contributed by atoms with Gasteiger partial charge in [-0.3, -0.25) is 19.3 Å². The van der Waals surface area contributed by atoms with Gasteiger partial charge < -0.3 is 10.6 Å². The first kappa shape index (κ1) is 14.2. The van der Waals surface area contributed by atoms with Crippen molar-refractivity contribution in [2.24, 2.45) is 5.73 Å². The second-order valence-corrected chi connectivity index (χ2v) is 4.71. The standard InChI is InChI=1S/C14H17N3O3/c1-16-13(19)8-17(9-14(16)20)11-4-2-3-10(7-11)12(18)5-6-15/h2-4,7H,5-6,8-9,15H2,1H3. The number of hydrogen-bond acceptors (Lipinski definition) is 5. The Morgan fingerprint density at radius 3 is 2.50 bits per heavy atom. The van der Waals surface area contributed by atoms with E-state index in [9.17, 15) is 14.4 Å². The zero-order valence-electron chi connectivity index (χ0n) is 11.3. The summed E-state index contributed by atoms with van der Waals surface area (Å²) in [5.74, 6) is -0.541. The van der Waals surface area contributed by atoms with E-state index in [1.165, 1.54) is 7.05 Å². The van der Waals surface area contributed by atoms with Crippen molar-refractivity contribution in [1.82, 2.24) is 4.90 Å². The van der Waals surface area contributed by atoms with Crippen molar-refractivity contribution < 1.29 is 14.4 Å². The zero-order valence-corrected chi connectivity index (χ0v) is 11.3. The minimum atomic E-state index is -0.250. The number of Topliss-reactive ketones (excluding diaryl/α,β-unsaturated/α-hetero) is 1. The van der Waals surface area contributed by atoms with E-state index in [2.05, 4.69) is 0 Å². The molecule has 0 atom stereocenters. The Bertz CT molecular complexity index is 538. The Kier molecular flexibility index (Phi) is 4.14. The number of likely N-dealkylation sites (N-methyl/N-ethyl adjacent to an activating group) is 1. The molecule has 0 aliphatic carbocycles. The Hall–Kier alpha value is -2.21. The first-order chi connectivity index (χ1) is 9.52. The lowest BCUT2D eigenvalue weighted by Crippen LogP contribution is -2.52. The van der Waals surface area contributed by atoms with Crippen LogP contribution in [-0.4, -0.2) is 49.2 Å². The van der Waals surface area contributed by atoms with Gasteiger partial charge in [0.1, 0.15) is 0 Å². The highest BCUT2D eigenvalue weighted by atomic mass is 16.2. The summed E-state index contributed by atoms with van der Waals surface area (Å²) in [6.07, 6.45) is 0.282. The third kappa shape index (κ3) is 2.85. The molecule has 106 valence electrons. The number of amides is 2. The highest BCUT2D eigenvalue weighted by Gasteiger charge is 2.28. The molecule has 20 heavy (non-hydrogen) atoms. The summed E-state index contributed by atoms with van der Waals surface area (Å²) in [7, 11) is 1.48. The number of nitrogens with two attached hydrogens (primary N) is 1.